The van der Waals surface area contributed by atoms with Gasteiger partial charge in [0.05, 0.1) is 15.2 Å². The topological polar surface area (TPSA) is 138 Å². The monoisotopic (exact) mass is 565 g/mol. The number of hydrogen-bond acceptors (Lipinski definition) is 6. The number of aromatic nitrogens is 2. The van der Waals surface area contributed by atoms with Crippen molar-refractivity contribution in [2.75, 3.05) is 5.32 Å². The maximum Gasteiger partial charge on any atom is 0.330 e. The van der Waals surface area contributed by atoms with Crippen molar-refractivity contribution in [2.24, 2.45) is 11.8 Å². The number of nitrogens with one attached hydrogen (secondary N) is 2. The first kappa shape index (κ1) is 26.3. The van der Waals surface area contributed by atoms with Gasteiger partial charge in [0, 0.05) is 41.4 Å². The normalized spacial score (nSPS) is 24.8. The van der Waals surface area contributed by atoms with Crippen molar-refractivity contribution in [2.45, 2.75) is 41.6 Å². The van der Waals surface area contributed by atoms with Crippen molar-refractivity contribution in [1.82, 2.24) is 9.55 Å². The number of sulfone groups is 1. The number of hydrogen-bond donors (Lipinski definition) is 3. The van der Waals surface area contributed by atoms with Gasteiger partial charge >= 0.3 is 5.69 Å². The lowest BCUT2D eigenvalue weighted by Crippen LogP contribution is -2.54. The Bertz CT molecular complexity index is 1660. The summed E-state index contributed by atoms with van der Waals surface area (Å²) < 4.78 is 55.2. The van der Waals surface area contributed by atoms with Crippen LogP contribution >= 0.6 is 11.6 Å². The van der Waals surface area contributed by atoms with Gasteiger partial charge in [-0.1, -0.05) is 11.6 Å². The third-order valence-electron chi connectivity index (χ3n) is 7.49. The van der Waals surface area contributed by atoms with E-state index in [1.165, 1.54) is 18.3 Å². The van der Waals surface area contributed by atoms with Gasteiger partial charge in [-0.25, -0.2) is 22.0 Å². The number of nitrogens with zero attached hydrogens (tertiary/aromatic N) is 1. The summed E-state index contributed by atoms with van der Waals surface area (Å²) in [6.07, 6.45) is 2.23. The lowest BCUT2D eigenvalue weighted by atomic mass is 9.80. The number of H-pyrrole nitrogens is 1. The van der Waals surface area contributed by atoms with E-state index < -0.39 is 61.4 Å². The van der Waals surface area contributed by atoms with Gasteiger partial charge in [0.1, 0.15) is 0 Å². The smallest absolute Gasteiger partial charge is 0.330 e. The molecule has 2 aliphatic rings. The standard InChI is InChI=1S/C25H22ClF2N3O6S/c26-18-5-1-13(23(33)29-16-4-6-19(27)20(28)12-16)9-21(18)38(36,37)17-10-14-2-3-15(11-17)25(14,35)31-8-7-22(32)30-24(31)34/h1,4-9,12,14-15,17,35H,2-3,10-11H2,(H,29,33)(H,30,32,34)/t14?,15?,17-,25-. The molecule has 2 fully saturated rings. The lowest BCUT2D eigenvalue weighted by molar-refractivity contribution is -0.132. The summed E-state index contributed by atoms with van der Waals surface area (Å²) in [6.45, 7) is 0. The molecule has 9 nitrogen and oxygen atoms in total. The molecule has 0 radical (unpaired) electrons. The van der Waals surface area contributed by atoms with E-state index in [4.69, 9.17) is 11.6 Å². The number of halogens is 3. The molecule has 1 aromatic heterocycles. The number of benzene rings is 2. The number of anilines is 1. The number of aliphatic hydroxyl groups is 1. The minimum atomic E-state index is -4.09. The average molecular weight is 566 g/mol. The van der Waals surface area contributed by atoms with Gasteiger partial charge in [0.25, 0.3) is 11.5 Å². The van der Waals surface area contributed by atoms with Gasteiger partial charge in [-0.15, -0.1) is 0 Å². The number of carbonyl (C=O) groups is 1. The van der Waals surface area contributed by atoms with Crippen LogP contribution in [0.4, 0.5) is 14.5 Å². The molecule has 0 spiro atoms. The van der Waals surface area contributed by atoms with Crippen LogP contribution in [0.5, 0.6) is 0 Å². The minimum absolute atomic E-state index is 0.0195. The quantitative estimate of drug-likeness (QED) is 0.435. The molecule has 0 saturated heterocycles. The molecule has 1 heterocycles. The summed E-state index contributed by atoms with van der Waals surface area (Å²) in [6, 6.07) is 7.64. The molecule has 2 saturated carbocycles. The molecule has 38 heavy (non-hydrogen) atoms. The van der Waals surface area contributed by atoms with Crippen molar-refractivity contribution < 1.29 is 27.1 Å². The van der Waals surface area contributed by atoms with Crippen molar-refractivity contribution in [1.29, 1.82) is 0 Å². The summed E-state index contributed by atoms with van der Waals surface area (Å²) in [5, 5.41) is 12.9. The Morgan fingerprint density at radius 2 is 1.74 bits per heavy atom. The van der Waals surface area contributed by atoms with Crippen LogP contribution in [0.25, 0.3) is 0 Å². The van der Waals surface area contributed by atoms with Crippen LogP contribution in [0.15, 0.2) is 63.1 Å². The SMILES string of the molecule is O=C(Nc1ccc(F)c(F)c1)c1ccc(Cl)c(S(=O)(=O)[C@H]2CC3CCC(C2)[C@]3(O)n2ccc(=O)[nH]c2=O)c1. The molecular weight excluding hydrogens is 544 g/mol. The maximum absolute atomic E-state index is 13.7. The molecule has 3 aromatic rings. The zero-order valence-electron chi connectivity index (χ0n) is 19.7. The predicted molar refractivity (Wildman–Crippen MR) is 134 cm³/mol. The Balaban J connectivity index is 1.42. The summed E-state index contributed by atoms with van der Waals surface area (Å²) in [5.41, 5.74) is -3.12. The maximum atomic E-state index is 13.7. The second-order valence-electron chi connectivity index (χ2n) is 9.60. The fourth-order valence-corrected chi connectivity index (χ4v) is 8.04. The van der Waals surface area contributed by atoms with Crippen molar-refractivity contribution in [3.05, 3.63) is 91.7 Å². The number of fused-ring (bicyclic) bond motifs is 2. The molecule has 13 heteroatoms. The van der Waals surface area contributed by atoms with Gasteiger partial charge in [-0.3, -0.25) is 19.1 Å². The van der Waals surface area contributed by atoms with Crippen molar-refractivity contribution >= 4 is 33.0 Å². The summed E-state index contributed by atoms with van der Waals surface area (Å²) in [7, 11) is -4.09. The number of aromatic amines is 1. The molecule has 1 amide bonds. The van der Waals surface area contributed by atoms with Crippen LogP contribution in [-0.4, -0.2) is 34.2 Å². The van der Waals surface area contributed by atoms with E-state index in [-0.39, 0.29) is 34.0 Å². The van der Waals surface area contributed by atoms with Gasteiger partial charge in [0.15, 0.2) is 27.2 Å². The second kappa shape index (κ2) is 9.44. The zero-order valence-corrected chi connectivity index (χ0v) is 21.2. The van der Waals surface area contributed by atoms with Gasteiger partial charge in [-0.2, -0.15) is 0 Å². The number of amides is 1. The van der Waals surface area contributed by atoms with Crippen LogP contribution in [0, 0.1) is 23.5 Å². The van der Waals surface area contributed by atoms with Crippen LogP contribution in [0.2, 0.25) is 5.02 Å². The fourth-order valence-electron chi connectivity index (χ4n) is 5.64. The molecule has 2 unspecified atom stereocenters. The Hall–Kier alpha value is -3.35. The first-order valence-electron chi connectivity index (χ1n) is 11.8. The summed E-state index contributed by atoms with van der Waals surface area (Å²) in [4.78, 5) is 38.5. The third kappa shape index (κ3) is 4.36. The Morgan fingerprint density at radius 3 is 2.37 bits per heavy atom. The number of rotatable bonds is 5. The van der Waals surface area contributed by atoms with E-state index in [9.17, 15) is 36.7 Å². The van der Waals surface area contributed by atoms with E-state index in [0.29, 0.717) is 12.8 Å². The molecule has 5 rings (SSSR count). The highest BCUT2D eigenvalue weighted by atomic mass is 35.5. The molecule has 200 valence electrons. The molecule has 2 aromatic carbocycles. The van der Waals surface area contributed by atoms with E-state index in [1.807, 2.05) is 0 Å². The lowest BCUT2D eigenvalue weighted by Gasteiger charge is -2.43. The largest absolute Gasteiger partial charge is 0.370 e. The van der Waals surface area contributed by atoms with Crippen LogP contribution < -0.4 is 16.6 Å². The highest BCUT2D eigenvalue weighted by Gasteiger charge is 2.57. The Kier molecular flexibility index (Phi) is 6.52. The number of carbonyl (C=O) groups excluding carboxylic acids is 1. The highest BCUT2D eigenvalue weighted by Crippen LogP contribution is 2.54. The van der Waals surface area contributed by atoms with E-state index >= 15 is 0 Å². The summed E-state index contributed by atoms with van der Waals surface area (Å²) in [5.74, 6) is -4.15. The first-order valence-corrected chi connectivity index (χ1v) is 13.7. The van der Waals surface area contributed by atoms with Crippen LogP contribution in [0.1, 0.15) is 36.0 Å². The molecule has 2 bridgehead atoms. The zero-order chi connectivity index (χ0) is 27.4. The van der Waals surface area contributed by atoms with E-state index in [2.05, 4.69) is 10.3 Å². The predicted octanol–water partition coefficient (Wildman–Crippen LogP) is 3.03. The van der Waals surface area contributed by atoms with Crippen molar-refractivity contribution in [3.8, 4) is 0 Å². The third-order valence-corrected chi connectivity index (χ3v) is 10.1. The Labute approximate surface area is 220 Å². The van der Waals surface area contributed by atoms with E-state index in [1.54, 1.807) is 0 Å². The first-order chi connectivity index (χ1) is 17.9. The summed E-state index contributed by atoms with van der Waals surface area (Å²) >= 11 is 6.25. The van der Waals surface area contributed by atoms with Crippen LogP contribution in [0.3, 0.4) is 0 Å². The fraction of sp³-hybridized carbons (Fsp3) is 0.320. The Morgan fingerprint density at radius 1 is 1.05 bits per heavy atom. The molecule has 2 aliphatic carbocycles. The molecular formula is C25H22ClF2N3O6S. The van der Waals surface area contributed by atoms with E-state index in [0.717, 1.165) is 34.9 Å². The average Bonchev–Trinajstić information content (AvgIpc) is 3.02. The minimum Gasteiger partial charge on any atom is -0.370 e. The molecule has 3 N–H and O–H groups in total. The van der Waals surface area contributed by atoms with Crippen LogP contribution in [-0.2, 0) is 15.6 Å². The van der Waals surface area contributed by atoms with Gasteiger partial charge in [0.2, 0.25) is 0 Å². The van der Waals surface area contributed by atoms with Gasteiger partial charge in [-0.05, 0) is 56.0 Å². The molecule has 2 atom stereocenters. The molecule has 0 aliphatic heterocycles. The second-order valence-corrected chi connectivity index (χ2v) is 12.2. The van der Waals surface area contributed by atoms with Gasteiger partial charge < -0.3 is 10.4 Å². The van der Waals surface area contributed by atoms with Crippen molar-refractivity contribution in [3.63, 3.8) is 0 Å². The highest BCUT2D eigenvalue weighted by molar-refractivity contribution is 7.92.